The molecule has 4 aliphatic carbocycles. The van der Waals surface area contributed by atoms with Crippen molar-refractivity contribution >= 4 is 81.4 Å². The molecule has 1 saturated heterocycles. The Kier molecular flexibility index (Phi) is 4.70. The summed E-state index contributed by atoms with van der Waals surface area (Å²) in [5.41, 5.74) is -0.858. The van der Waals surface area contributed by atoms with Gasteiger partial charge in [-0.15, -0.1) is 23.2 Å². The number of hydrogen-bond acceptors (Lipinski definition) is 2. The standard InChI is InChI=1S/C20H21Cl6NO2/c1-17-8-12-10(18(23)13(21)14(22)19(12,24)20(18,25)26)7-11(17)15(28)27(16(17)29)9-5-3-2-4-6-9/h9-12H,2-8H2,1H3/t10-,11-,12+,17-,18+,19+/m0/s1. The third kappa shape index (κ3) is 2.22. The molecule has 3 nitrogen and oxygen atoms in total. The Bertz CT molecular complexity index is 854. The lowest BCUT2D eigenvalue weighted by Gasteiger charge is -2.46. The van der Waals surface area contributed by atoms with E-state index in [-0.39, 0.29) is 39.8 Å². The largest absolute Gasteiger partial charge is 0.279 e. The molecule has 1 heterocycles. The van der Waals surface area contributed by atoms with E-state index in [0.29, 0.717) is 12.8 Å². The highest BCUT2D eigenvalue weighted by molar-refractivity contribution is 6.65. The Balaban J connectivity index is 1.57. The molecule has 0 spiro atoms. The van der Waals surface area contributed by atoms with Gasteiger partial charge in [-0.3, -0.25) is 14.5 Å². The zero-order chi connectivity index (χ0) is 21.1. The predicted octanol–water partition coefficient (Wildman–Crippen LogP) is 6.18. The first-order valence-electron chi connectivity index (χ1n) is 10.1. The summed E-state index contributed by atoms with van der Waals surface area (Å²) < 4.78 is -1.63. The number of carbonyl (C=O) groups excluding carboxylic acids is 2. The zero-order valence-electron chi connectivity index (χ0n) is 15.8. The van der Waals surface area contributed by atoms with Gasteiger partial charge in [0.05, 0.1) is 21.4 Å². The van der Waals surface area contributed by atoms with E-state index >= 15 is 0 Å². The molecule has 3 saturated carbocycles. The molecular formula is C20H21Cl6NO2. The van der Waals surface area contributed by atoms with Gasteiger partial charge < -0.3 is 0 Å². The molecule has 0 aromatic rings. The molecule has 1 aliphatic heterocycles. The molecule has 0 unspecified atom stereocenters. The summed E-state index contributed by atoms with van der Waals surface area (Å²) in [6, 6.07) is -0.0110. The van der Waals surface area contributed by atoms with Gasteiger partial charge in [0.15, 0.2) is 4.33 Å². The third-order valence-electron chi connectivity index (χ3n) is 8.34. The molecule has 160 valence electrons. The Morgan fingerprint density at radius 3 is 2.03 bits per heavy atom. The topological polar surface area (TPSA) is 37.4 Å². The van der Waals surface area contributed by atoms with Crippen molar-refractivity contribution in [1.29, 1.82) is 0 Å². The molecule has 9 heteroatoms. The Morgan fingerprint density at radius 1 is 0.897 bits per heavy atom. The zero-order valence-corrected chi connectivity index (χ0v) is 20.3. The van der Waals surface area contributed by atoms with E-state index in [1.54, 1.807) is 4.90 Å². The number of allylic oxidation sites excluding steroid dienone is 2. The van der Waals surface area contributed by atoms with Crippen LogP contribution in [0.1, 0.15) is 51.9 Å². The summed E-state index contributed by atoms with van der Waals surface area (Å²) in [6.45, 7) is 1.87. The smallest absolute Gasteiger partial charge is 0.236 e. The summed E-state index contributed by atoms with van der Waals surface area (Å²) in [5, 5.41) is 0.316. The first-order chi connectivity index (χ1) is 13.4. The van der Waals surface area contributed by atoms with Crippen molar-refractivity contribution in [2.45, 2.75) is 72.0 Å². The van der Waals surface area contributed by atoms with Crippen LogP contribution < -0.4 is 0 Å². The van der Waals surface area contributed by atoms with Gasteiger partial charge in [-0.25, -0.2) is 0 Å². The molecule has 4 fully saturated rings. The van der Waals surface area contributed by atoms with Crippen LogP contribution in [0.25, 0.3) is 0 Å². The average Bonchev–Trinajstić information content (AvgIpc) is 3.01. The van der Waals surface area contributed by atoms with Crippen molar-refractivity contribution in [3.63, 3.8) is 0 Å². The maximum Gasteiger partial charge on any atom is 0.236 e. The maximum absolute atomic E-state index is 13.5. The number of imide groups is 1. The van der Waals surface area contributed by atoms with Crippen LogP contribution in [0.4, 0.5) is 0 Å². The number of halogens is 6. The van der Waals surface area contributed by atoms with Crippen LogP contribution in [-0.2, 0) is 9.59 Å². The van der Waals surface area contributed by atoms with Crippen molar-refractivity contribution in [2.24, 2.45) is 23.2 Å². The van der Waals surface area contributed by atoms with Crippen LogP contribution in [0.15, 0.2) is 10.1 Å². The fourth-order valence-corrected chi connectivity index (χ4v) is 9.86. The second kappa shape index (κ2) is 6.35. The fraction of sp³-hybridized carbons (Fsp3) is 0.800. The van der Waals surface area contributed by atoms with E-state index in [4.69, 9.17) is 69.6 Å². The van der Waals surface area contributed by atoms with E-state index in [2.05, 4.69) is 0 Å². The van der Waals surface area contributed by atoms with Gasteiger partial charge in [-0.05, 0) is 44.4 Å². The minimum atomic E-state index is -1.63. The van der Waals surface area contributed by atoms with Crippen molar-refractivity contribution in [3.05, 3.63) is 10.1 Å². The summed E-state index contributed by atoms with van der Waals surface area (Å²) in [5.74, 6) is -1.37. The Morgan fingerprint density at radius 2 is 1.45 bits per heavy atom. The average molecular weight is 520 g/mol. The van der Waals surface area contributed by atoms with Crippen LogP contribution >= 0.6 is 69.6 Å². The fourth-order valence-electron chi connectivity index (χ4n) is 6.77. The van der Waals surface area contributed by atoms with E-state index in [1.165, 1.54) is 0 Å². The quantitative estimate of drug-likeness (QED) is 0.306. The molecule has 5 aliphatic rings. The van der Waals surface area contributed by atoms with Crippen molar-refractivity contribution in [2.75, 3.05) is 0 Å². The van der Waals surface area contributed by atoms with Crippen molar-refractivity contribution in [1.82, 2.24) is 4.90 Å². The number of alkyl halides is 4. The van der Waals surface area contributed by atoms with Gasteiger partial charge in [0.25, 0.3) is 0 Å². The lowest BCUT2D eigenvalue weighted by molar-refractivity contribution is -0.145. The minimum absolute atomic E-state index is 0.0110. The molecule has 2 amide bonds. The molecule has 2 bridgehead atoms. The predicted molar refractivity (Wildman–Crippen MR) is 117 cm³/mol. The lowest BCUT2D eigenvalue weighted by atomic mass is 9.58. The number of amides is 2. The van der Waals surface area contributed by atoms with Crippen LogP contribution in [0.5, 0.6) is 0 Å². The molecule has 0 aromatic heterocycles. The second-order valence-electron chi connectivity index (χ2n) is 9.55. The van der Waals surface area contributed by atoms with Crippen LogP contribution in [-0.4, -0.2) is 36.8 Å². The highest BCUT2D eigenvalue weighted by Gasteiger charge is 2.84. The van der Waals surface area contributed by atoms with Gasteiger partial charge >= 0.3 is 0 Å². The molecule has 5 rings (SSSR count). The molecule has 29 heavy (non-hydrogen) atoms. The lowest BCUT2D eigenvalue weighted by Crippen LogP contribution is -2.49. The van der Waals surface area contributed by atoms with Crippen LogP contribution in [0, 0.1) is 23.2 Å². The number of carbonyl (C=O) groups is 2. The second-order valence-corrected chi connectivity index (χ2v) is 12.8. The first-order valence-corrected chi connectivity index (χ1v) is 12.4. The molecule has 0 N–H and O–H groups in total. The van der Waals surface area contributed by atoms with E-state index in [1.807, 2.05) is 6.92 Å². The van der Waals surface area contributed by atoms with Crippen LogP contribution in [0.2, 0.25) is 0 Å². The maximum atomic E-state index is 13.5. The third-order valence-corrected chi connectivity index (χ3v) is 12.7. The van der Waals surface area contributed by atoms with Crippen LogP contribution in [0.3, 0.4) is 0 Å². The highest BCUT2D eigenvalue weighted by atomic mass is 35.5. The Labute approximate surface area is 200 Å². The number of likely N-dealkylation sites (tertiary alicyclic amines) is 1. The molecular weight excluding hydrogens is 499 g/mol. The molecule has 0 aromatic carbocycles. The van der Waals surface area contributed by atoms with E-state index < -0.39 is 25.4 Å². The van der Waals surface area contributed by atoms with Gasteiger partial charge in [-0.1, -0.05) is 65.7 Å². The number of rotatable bonds is 1. The number of hydrogen-bond donors (Lipinski definition) is 0. The molecule has 0 radical (unpaired) electrons. The van der Waals surface area contributed by atoms with Gasteiger partial charge in [0, 0.05) is 6.04 Å². The minimum Gasteiger partial charge on any atom is -0.279 e. The summed E-state index contributed by atoms with van der Waals surface area (Å²) in [7, 11) is 0. The summed E-state index contributed by atoms with van der Waals surface area (Å²) in [6.07, 6.45) is 5.71. The number of fused-ring (bicyclic) bond motifs is 6. The van der Waals surface area contributed by atoms with Crippen molar-refractivity contribution < 1.29 is 9.59 Å². The van der Waals surface area contributed by atoms with Gasteiger partial charge in [-0.2, -0.15) is 0 Å². The highest BCUT2D eigenvalue weighted by Crippen LogP contribution is 2.80. The summed E-state index contributed by atoms with van der Waals surface area (Å²) in [4.78, 5) is 25.8. The van der Waals surface area contributed by atoms with E-state index in [9.17, 15) is 9.59 Å². The first kappa shape index (κ1) is 21.5. The monoisotopic (exact) mass is 517 g/mol. The number of nitrogens with zero attached hydrogens (tertiary/aromatic N) is 1. The SMILES string of the molecule is C[C@]12C[C@@H]3[C@H](C[C@H]1C(=O)N(C1CCCCC1)C2=O)[C@@]1(Cl)C(Cl)=C(Cl)[C@@]3(Cl)C1(Cl)Cl. The normalized spacial score (nSPS) is 49.1. The van der Waals surface area contributed by atoms with E-state index in [0.717, 1.165) is 32.1 Å². The van der Waals surface area contributed by atoms with Gasteiger partial charge in [0.2, 0.25) is 11.8 Å². The molecule has 6 atom stereocenters. The van der Waals surface area contributed by atoms with Gasteiger partial charge in [0.1, 0.15) is 9.75 Å². The Hall–Kier alpha value is 0.620. The van der Waals surface area contributed by atoms with Crippen molar-refractivity contribution in [3.8, 4) is 0 Å². The summed E-state index contributed by atoms with van der Waals surface area (Å²) >= 11 is 40.4.